The molecule has 1 heterocycles. The van der Waals surface area contributed by atoms with Gasteiger partial charge in [0.2, 0.25) is 0 Å². The van der Waals surface area contributed by atoms with Crippen molar-refractivity contribution in [1.29, 1.82) is 0 Å². The highest BCUT2D eigenvalue weighted by Gasteiger charge is 2.29. The van der Waals surface area contributed by atoms with Crippen LogP contribution in [0.25, 0.3) is 0 Å². The zero-order valence-electron chi connectivity index (χ0n) is 10.7. The van der Waals surface area contributed by atoms with Gasteiger partial charge in [-0.05, 0) is 19.9 Å². The molecule has 0 saturated heterocycles. The molecule has 0 amide bonds. The summed E-state index contributed by atoms with van der Waals surface area (Å²) in [6.45, 7) is 2.66. The van der Waals surface area contributed by atoms with Crippen molar-refractivity contribution in [2.45, 2.75) is 32.2 Å². The molecule has 4 N–H and O–H groups in total. The van der Waals surface area contributed by atoms with Crippen LogP contribution in [-0.2, 0) is 4.74 Å². The van der Waals surface area contributed by atoms with Gasteiger partial charge in [0.15, 0.2) is 0 Å². The second-order valence-corrected chi connectivity index (χ2v) is 4.02. The van der Waals surface area contributed by atoms with Crippen molar-refractivity contribution in [1.82, 2.24) is 0 Å². The third kappa shape index (κ3) is 3.54. The van der Waals surface area contributed by atoms with Gasteiger partial charge in [-0.1, -0.05) is 0 Å². The van der Waals surface area contributed by atoms with E-state index in [0.29, 0.717) is 0 Å². The normalized spacial score (nSPS) is 15.9. The fraction of sp³-hybridized carbons (Fsp3) is 0.583. The molecule has 7 nitrogen and oxygen atoms in total. The minimum Gasteiger partial charge on any atom is -0.463 e. The average molecular weight is 274 g/mol. The fourth-order valence-electron chi connectivity index (χ4n) is 1.55. The molecule has 0 fully saturated rings. The minimum atomic E-state index is -1.62. The van der Waals surface area contributed by atoms with E-state index in [2.05, 4.69) is 0 Å². The Morgan fingerprint density at radius 1 is 1.42 bits per heavy atom. The molecule has 108 valence electrons. The molecule has 0 bridgehead atoms. The first-order valence-electron chi connectivity index (χ1n) is 5.84. The van der Waals surface area contributed by atoms with Gasteiger partial charge in [0, 0.05) is 0 Å². The smallest absolute Gasteiger partial charge is 0.341 e. The van der Waals surface area contributed by atoms with Crippen LogP contribution in [0.15, 0.2) is 10.5 Å². The van der Waals surface area contributed by atoms with E-state index < -0.39 is 30.9 Å². The van der Waals surface area contributed by atoms with Crippen molar-refractivity contribution >= 4 is 5.97 Å². The van der Waals surface area contributed by atoms with Crippen LogP contribution in [0.4, 0.5) is 0 Å². The van der Waals surface area contributed by atoms with Crippen molar-refractivity contribution < 1.29 is 34.4 Å². The van der Waals surface area contributed by atoms with Crippen LogP contribution >= 0.6 is 0 Å². The van der Waals surface area contributed by atoms with Crippen molar-refractivity contribution in [2.75, 3.05) is 13.2 Å². The number of hydrogen-bond acceptors (Lipinski definition) is 7. The zero-order valence-corrected chi connectivity index (χ0v) is 10.7. The Labute approximate surface area is 110 Å². The van der Waals surface area contributed by atoms with E-state index >= 15 is 0 Å². The standard InChI is InChI=1S/C12H18O7/c1-3-18-12(17)7-4-9(19-6(7)2)11(16)10(15)8(14)5-13/h4,8,10-11,13-16H,3,5H2,1-2H3/t8-,10-,11-/m0/s1. The summed E-state index contributed by atoms with van der Waals surface area (Å²) in [7, 11) is 0. The molecule has 1 aromatic heterocycles. The lowest BCUT2D eigenvalue weighted by Crippen LogP contribution is -2.34. The molecular weight excluding hydrogens is 256 g/mol. The summed E-state index contributed by atoms with van der Waals surface area (Å²) < 4.78 is 9.95. The summed E-state index contributed by atoms with van der Waals surface area (Å²) in [5.74, 6) is -0.446. The van der Waals surface area contributed by atoms with Gasteiger partial charge in [0.05, 0.1) is 13.2 Å². The number of rotatable bonds is 6. The molecular formula is C12H18O7. The Bertz CT molecular complexity index is 426. The predicted octanol–water partition coefficient (Wildman–Crippen LogP) is -0.488. The molecule has 0 aliphatic rings. The molecule has 0 unspecified atom stereocenters. The van der Waals surface area contributed by atoms with Gasteiger partial charge in [-0.15, -0.1) is 0 Å². The quantitative estimate of drug-likeness (QED) is 0.517. The third-order valence-corrected chi connectivity index (χ3v) is 2.63. The lowest BCUT2D eigenvalue weighted by Gasteiger charge is -2.19. The van der Waals surface area contributed by atoms with Crippen LogP contribution < -0.4 is 0 Å². The number of esters is 1. The van der Waals surface area contributed by atoms with Crippen LogP contribution in [0.5, 0.6) is 0 Å². The molecule has 0 aliphatic carbocycles. The van der Waals surface area contributed by atoms with Gasteiger partial charge < -0.3 is 29.6 Å². The second kappa shape index (κ2) is 6.67. The number of carbonyl (C=O) groups is 1. The largest absolute Gasteiger partial charge is 0.463 e. The van der Waals surface area contributed by atoms with Crippen molar-refractivity contribution in [3.8, 4) is 0 Å². The summed E-state index contributed by atoms with van der Waals surface area (Å²) in [6.07, 6.45) is -4.68. The summed E-state index contributed by atoms with van der Waals surface area (Å²) in [4.78, 5) is 11.5. The lowest BCUT2D eigenvalue weighted by molar-refractivity contribution is -0.0837. The van der Waals surface area contributed by atoms with Crippen LogP contribution in [0.3, 0.4) is 0 Å². The maximum absolute atomic E-state index is 11.5. The van der Waals surface area contributed by atoms with Gasteiger partial charge in [0.1, 0.15) is 35.4 Å². The number of aliphatic hydroxyl groups excluding tert-OH is 4. The Morgan fingerprint density at radius 3 is 2.58 bits per heavy atom. The topological polar surface area (TPSA) is 120 Å². The summed E-state index contributed by atoms with van der Waals surface area (Å²) in [6, 6.07) is 1.24. The monoisotopic (exact) mass is 274 g/mol. The first kappa shape index (κ1) is 15.6. The molecule has 0 radical (unpaired) electrons. The van der Waals surface area contributed by atoms with Crippen LogP contribution in [-0.4, -0.2) is 51.8 Å². The Balaban J connectivity index is 2.91. The summed E-state index contributed by atoms with van der Waals surface area (Å²) >= 11 is 0. The van der Waals surface area contributed by atoms with Gasteiger partial charge >= 0.3 is 5.97 Å². The summed E-state index contributed by atoms with van der Waals surface area (Å²) in [5, 5.41) is 37.2. The molecule has 0 spiro atoms. The molecule has 0 saturated carbocycles. The highest BCUT2D eigenvalue weighted by molar-refractivity contribution is 5.90. The molecule has 1 aromatic rings. The molecule has 0 aromatic carbocycles. The van der Waals surface area contributed by atoms with Crippen LogP contribution in [0.1, 0.15) is 34.9 Å². The number of hydrogen-bond donors (Lipinski definition) is 4. The van der Waals surface area contributed by atoms with E-state index in [1.54, 1.807) is 6.92 Å². The molecule has 3 atom stereocenters. The Morgan fingerprint density at radius 2 is 2.05 bits per heavy atom. The Kier molecular flexibility index (Phi) is 5.49. The number of carbonyl (C=O) groups excluding carboxylic acids is 1. The van der Waals surface area contributed by atoms with E-state index in [4.69, 9.17) is 14.3 Å². The van der Waals surface area contributed by atoms with E-state index in [9.17, 15) is 20.1 Å². The molecule has 1 rings (SSSR count). The molecule has 7 heteroatoms. The first-order valence-corrected chi connectivity index (χ1v) is 5.84. The van der Waals surface area contributed by atoms with Crippen LogP contribution in [0, 0.1) is 6.92 Å². The molecule has 19 heavy (non-hydrogen) atoms. The SMILES string of the molecule is CCOC(=O)c1cc([C@H](O)[C@@H](O)[C@@H](O)CO)oc1C. The van der Waals surface area contributed by atoms with E-state index in [1.807, 2.05) is 0 Å². The predicted molar refractivity (Wildman–Crippen MR) is 63.5 cm³/mol. The minimum absolute atomic E-state index is 0.0828. The maximum Gasteiger partial charge on any atom is 0.341 e. The van der Waals surface area contributed by atoms with Gasteiger partial charge in [0.25, 0.3) is 0 Å². The first-order chi connectivity index (χ1) is 8.92. The van der Waals surface area contributed by atoms with Crippen molar-refractivity contribution in [3.63, 3.8) is 0 Å². The number of ether oxygens (including phenoxy) is 1. The van der Waals surface area contributed by atoms with E-state index in [0.717, 1.165) is 0 Å². The Hall–Kier alpha value is -1.41. The van der Waals surface area contributed by atoms with Crippen LogP contribution in [0.2, 0.25) is 0 Å². The van der Waals surface area contributed by atoms with E-state index in [1.165, 1.54) is 13.0 Å². The van der Waals surface area contributed by atoms with Gasteiger partial charge in [-0.25, -0.2) is 4.79 Å². The highest BCUT2D eigenvalue weighted by Crippen LogP contribution is 2.25. The van der Waals surface area contributed by atoms with Crippen molar-refractivity contribution in [3.05, 3.63) is 23.2 Å². The fourth-order valence-corrected chi connectivity index (χ4v) is 1.55. The second-order valence-electron chi connectivity index (χ2n) is 4.02. The van der Waals surface area contributed by atoms with Crippen molar-refractivity contribution in [2.24, 2.45) is 0 Å². The van der Waals surface area contributed by atoms with E-state index in [-0.39, 0.29) is 23.7 Å². The highest BCUT2D eigenvalue weighted by atomic mass is 16.5. The number of aryl methyl sites for hydroxylation is 1. The molecule has 0 aliphatic heterocycles. The zero-order chi connectivity index (χ0) is 14.6. The third-order valence-electron chi connectivity index (χ3n) is 2.63. The number of aliphatic hydroxyl groups is 4. The lowest BCUT2D eigenvalue weighted by atomic mass is 10.1. The van der Waals surface area contributed by atoms with Gasteiger partial charge in [-0.2, -0.15) is 0 Å². The van der Waals surface area contributed by atoms with Gasteiger partial charge in [-0.3, -0.25) is 0 Å². The summed E-state index contributed by atoms with van der Waals surface area (Å²) in [5.41, 5.74) is 0.140. The number of furan rings is 1. The average Bonchev–Trinajstić information content (AvgIpc) is 2.78. The maximum atomic E-state index is 11.5.